The van der Waals surface area contributed by atoms with Crippen molar-refractivity contribution in [3.8, 4) is 11.5 Å². The Morgan fingerprint density at radius 1 is 1.24 bits per heavy atom. The van der Waals surface area contributed by atoms with E-state index >= 15 is 0 Å². The smallest absolute Gasteiger partial charge is 0.182 e. The fourth-order valence-corrected chi connectivity index (χ4v) is 4.12. The molecule has 0 bridgehead atoms. The summed E-state index contributed by atoms with van der Waals surface area (Å²) in [5.41, 5.74) is 3.41. The van der Waals surface area contributed by atoms with Crippen LogP contribution in [0, 0.1) is 5.41 Å². The number of phenols is 1. The molecule has 0 saturated heterocycles. The van der Waals surface area contributed by atoms with Crippen molar-refractivity contribution in [1.29, 1.82) is 5.41 Å². The summed E-state index contributed by atoms with van der Waals surface area (Å²) in [6.45, 7) is 6.91. The summed E-state index contributed by atoms with van der Waals surface area (Å²) in [6, 6.07) is 7.40. The van der Waals surface area contributed by atoms with Crippen molar-refractivity contribution in [2.45, 2.75) is 64.3 Å². The van der Waals surface area contributed by atoms with Gasteiger partial charge in [0.15, 0.2) is 17.3 Å². The number of unbranched alkanes of at least 4 members (excludes halogenated alkanes) is 1. The van der Waals surface area contributed by atoms with Crippen molar-refractivity contribution in [3.63, 3.8) is 0 Å². The highest BCUT2D eigenvalue weighted by atomic mass is 79.9. The molecule has 1 aliphatic heterocycles. The van der Waals surface area contributed by atoms with Gasteiger partial charge in [-0.25, -0.2) is 4.98 Å². The number of aliphatic hydroxyl groups excluding tert-OH is 1. The number of amidine groups is 1. The maximum absolute atomic E-state index is 13.3. The van der Waals surface area contributed by atoms with Crippen LogP contribution in [0.3, 0.4) is 0 Å². The van der Waals surface area contributed by atoms with Gasteiger partial charge in [-0.05, 0) is 49.3 Å². The molecule has 34 heavy (non-hydrogen) atoms. The number of aromatic nitrogens is 1. The monoisotopic (exact) mass is 531 g/mol. The Morgan fingerprint density at radius 2 is 1.97 bits per heavy atom. The number of ketones is 1. The largest absolute Gasteiger partial charge is 0.504 e. The summed E-state index contributed by atoms with van der Waals surface area (Å²) < 4.78 is 5.77. The zero-order valence-electron chi connectivity index (χ0n) is 20.1. The number of nitrogens with zero attached hydrogens (tertiary/aromatic N) is 2. The Bertz CT molecular complexity index is 1080. The topological polar surface area (TPSA) is 107 Å². The van der Waals surface area contributed by atoms with Gasteiger partial charge in [-0.1, -0.05) is 26.8 Å². The van der Waals surface area contributed by atoms with Crippen LogP contribution in [0.1, 0.15) is 85.2 Å². The van der Waals surface area contributed by atoms with E-state index in [-0.39, 0.29) is 58.7 Å². The summed E-state index contributed by atoms with van der Waals surface area (Å²) in [6.07, 6.45) is 3.57. The Labute approximate surface area is 211 Å². The van der Waals surface area contributed by atoms with E-state index in [0.29, 0.717) is 48.7 Å². The van der Waals surface area contributed by atoms with Crippen molar-refractivity contribution in [1.82, 2.24) is 9.88 Å². The first-order valence-electron chi connectivity index (χ1n) is 11.7. The number of ether oxygens (including phenoxy) is 1. The van der Waals surface area contributed by atoms with Gasteiger partial charge in [-0.2, -0.15) is 0 Å². The number of fused-ring (bicyclic) bond motifs is 1. The van der Waals surface area contributed by atoms with Crippen LogP contribution < -0.4 is 4.74 Å². The van der Waals surface area contributed by atoms with Crippen molar-refractivity contribution in [3.05, 3.63) is 52.3 Å². The number of nitrogens with one attached hydrogen (secondary N) is 1. The predicted molar refractivity (Wildman–Crippen MR) is 137 cm³/mol. The van der Waals surface area contributed by atoms with E-state index < -0.39 is 0 Å². The van der Waals surface area contributed by atoms with Gasteiger partial charge in [0.1, 0.15) is 11.5 Å². The Hall–Kier alpha value is -2.45. The van der Waals surface area contributed by atoms with Gasteiger partial charge < -0.3 is 19.8 Å². The molecule has 2 aliphatic rings. The number of pyridine rings is 1. The first kappa shape index (κ1) is 26.2. The fraction of sp³-hybridized carbons (Fsp3) is 0.500. The van der Waals surface area contributed by atoms with Crippen molar-refractivity contribution in [2.24, 2.45) is 0 Å². The van der Waals surface area contributed by atoms with Gasteiger partial charge in [0.25, 0.3) is 0 Å². The highest BCUT2D eigenvalue weighted by molar-refractivity contribution is 8.93. The van der Waals surface area contributed by atoms with Crippen LogP contribution in [0.4, 0.5) is 0 Å². The maximum atomic E-state index is 13.3. The number of benzene rings is 1. The lowest BCUT2D eigenvalue weighted by atomic mass is 9.84. The second-order valence-corrected chi connectivity index (χ2v) is 10.0. The van der Waals surface area contributed by atoms with Gasteiger partial charge in [0.2, 0.25) is 0 Å². The highest BCUT2D eigenvalue weighted by Gasteiger charge is 2.32. The number of carbonyl (C=O) groups is 1. The number of aliphatic hydroxyl groups is 1. The lowest BCUT2D eigenvalue weighted by Gasteiger charge is -2.24. The van der Waals surface area contributed by atoms with Gasteiger partial charge in [0.05, 0.1) is 13.2 Å². The lowest BCUT2D eigenvalue weighted by Crippen LogP contribution is -2.30. The van der Waals surface area contributed by atoms with Gasteiger partial charge in [0, 0.05) is 41.5 Å². The van der Waals surface area contributed by atoms with Crippen LogP contribution in [0.5, 0.6) is 11.5 Å². The standard InChI is InChI=1S/C26H33N3O4.BrH/c1-26(2,3)19-12-18(13-22(24(19)32)33-11-5-4-10-30)21(31)15-29-14-17-8-9-20(16-6-7-16)28-23(17)25(29)27;/h8-9,12-13,16,27,30,32H,4-7,10-11,14-15H2,1-3H3;1H. The summed E-state index contributed by atoms with van der Waals surface area (Å²) in [5, 5.41) is 28.3. The van der Waals surface area contributed by atoms with E-state index in [4.69, 9.17) is 20.2 Å². The van der Waals surface area contributed by atoms with Gasteiger partial charge in [-0.15, -0.1) is 17.0 Å². The molecule has 3 N–H and O–H groups in total. The summed E-state index contributed by atoms with van der Waals surface area (Å²) in [4.78, 5) is 19.7. The molecule has 2 aromatic rings. The molecule has 1 fully saturated rings. The van der Waals surface area contributed by atoms with E-state index in [1.165, 1.54) is 0 Å². The van der Waals surface area contributed by atoms with Crippen molar-refractivity contribution >= 4 is 28.6 Å². The third-order valence-electron chi connectivity index (χ3n) is 6.25. The average molecular weight is 532 g/mol. The van der Waals surface area contributed by atoms with Crippen LogP contribution >= 0.6 is 17.0 Å². The molecule has 184 valence electrons. The molecule has 1 aromatic carbocycles. The third-order valence-corrected chi connectivity index (χ3v) is 6.25. The van der Waals surface area contributed by atoms with E-state index in [0.717, 1.165) is 24.1 Å². The molecule has 0 radical (unpaired) electrons. The van der Waals surface area contributed by atoms with Crippen molar-refractivity contribution in [2.75, 3.05) is 19.8 Å². The maximum Gasteiger partial charge on any atom is 0.182 e. The minimum Gasteiger partial charge on any atom is -0.504 e. The van der Waals surface area contributed by atoms with Crippen LogP contribution in [-0.2, 0) is 12.0 Å². The molecule has 0 amide bonds. The van der Waals surface area contributed by atoms with Crippen LogP contribution in [0.2, 0.25) is 0 Å². The van der Waals surface area contributed by atoms with Crippen molar-refractivity contribution < 1.29 is 19.7 Å². The molecule has 2 heterocycles. The summed E-state index contributed by atoms with van der Waals surface area (Å²) in [5.74, 6) is 0.986. The number of phenolic OH excluding ortho intramolecular Hbond substituents is 1. The molecule has 4 rings (SSSR count). The summed E-state index contributed by atoms with van der Waals surface area (Å²) in [7, 11) is 0. The fourth-order valence-electron chi connectivity index (χ4n) is 4.12. The first-order chi connectivity index (χ1) is 15.7. The predicted octanol–water partition coefficient (Wildman–Crippen LogP) is 4.72. The molecular formula is C26H34BrN3O4. The molecular weight excluding hydrogens is 498 g/mol. The number of hydrogen-bond donors (Lipinski definition) is 3. The Morgan fingerprint density at radius 3 is 2.62 bits per heavy atom. The molecule has 0 spiro atoms. The second kappa shape index (κ2) is 10.4. The third kappa shape index (κ3) is 5.61. The quantitative estimate of drug-likeness (QED) is 0.319. The number of rotatable bonds is 9. The molecule has 0 atom stereocenters. The molecule has 8 heteroatoms. The normalized spacial score (nSPS) is 15.2. The average Bonchev–Trinajstić information content (AvgIpc) is 3.57. The number of carbonyl (C=O) groups excluding carboxylic acids is 1. The minimum absolute atomic E-state index is 0. The molecule has 0 unspecified atom stereocenters. The van der Waals surface area contributed by atoms with E-state index in [1.807, 2.05) is 32.9 Å². The van der Waals surface area contributed by atoms with E-state index in [2.05, 4.69) is 0 Å². The van der Waals surface area contributed by atoms with Gasteiger partial charge >= 0.3 is 0 Å². The number of hydrogen-bond acceptors (Lipinski definition) is 6. The van der Waals surface area contributed by atoms with Crippen LogP contribution in [0.15, 0.2) is 24.3 Å². The van der Waals surface area contributed by atoms with Crippen LogP contribution in [0.25, 0.3) is 0 Å². The molecule has 1 aliphatic carbocycles. The second-order valence-electron chi connectivity index (χ2n) is 10.0. The molecule has 7 nitrogen and oxygen atoms in total. The highest BCUT2D eigenvalue weighted by Crippen LogP contribution is 2.40. The van der Waals surface area contributed by atoms with Gasteiger partial charge in [-0.3, -0.25) is 10.2 Å². The van der Waals surface area contributed by atoms with Crippen LogP contribution in [-0.4, -0.2) is 51.5 Å². The number of Topliss-reactive ketones (excluding diaryl/α,β-unsaturated/α-hetero) is 1. The van der Waals surface area contributed by atoms with E-state index in [9.17, 15) is 9.90 Å². The zero-order valence-corrected chi connectivity index (χ0v) is 21.8. The zero-order chi connectivity index (χ0) is 23.8. The molecule has 1 saturated carbocycles. The summed E-state index contributed by atoms with van der Waals surface area (Å²) >= 11 is 0. The Kier molecular flexibility index (Phi) is 8.03. The lowest BCUT2D eigenvalue weighted by molar-refractivity contribution is 0.0962. The number of halogens is 1. The SMILES string of the molecule is Br.CC(C)(C)c1cc(C(=O)CN2Cc3ccc(C4CC4)nc3C2=N)cc(OCCCCO)c1O. The molecule has 1 aromatic heterocycles. The number of aromatic hydroxyl groups is 1. The van der Waals surface area contributed by atoms with E-state index in [1.54, 1.807) is 17.0 Å². The first-order valence-corrected chi connectivity index (χ1v) is 11.7. The Balaban J connectivity index is 0.00000324. The minimum atomic E-state index is -0.386.